The number of ether oxygens (including phenoxy) is 1. The highest BCUT2D eigenvalue weighted by Crippen LogP contribution is 2.35. The molecule has 0 aliphatic carbocycles. The molecule has 0 amide bonds. The maximum absolute atomic E-state index is 6.45. The molecule has 200 valence electrons. The van der Waals surface area contributed by atoms with Crippen molar-refractivity contribution in [2.24, 2.45) is 17.0 Å². The number of nitrogens with two attached hydrogens (primary N) is 1. The zero-order valence-corrected chi connectivity index (χ0v) is 23.2. The molecule has 1 aromatic heterocycles. The molecule has 2 aromatic rings. The summed E-state index contributed by atoms with van der Waals surface area (Å²) < 4.78 is 7.61. The number of methoxy groups -OCH3 is 1. The summed E-state index contributed by atoms with van der Waals surface area (Å²) in [5.41, 5.74) is 12.2. The molecule has 0 spiro atoms. The summed E-state index contributed by atoms with van der Waals surface area (Å²) in [4.78, 5) is 13.8. The smallest absolute Gasteiger partial charge is 0.223 e. The molecule has 1 aliphatic rings. The summed E-state index contributed by atoms with van der Waals surface area (Å²) in [5.74, 6) is 1.25. The lowest BCUT2D eigenvalue weighted by Gasteiger charge is -2.25. The fraction of sp³-hybridized carbons (Fsp3) is 0.464. The summed E-state index contributed by atoms with van der Waals surface area (Å²) in [6.45, 7) is 7.68. The van der Waals surface area contributed by atoms with Crippen LogP contribution in [0.25, 0.3) is 6.08 Å². The molecule has 0 saturated carbocycles. The summed E-state index contributed by atoms with van der Waals surface area (Å²) in [7, 11) is 7.80. The fourth-order valence-electron chi connectivity index (χ4n) is 4.05. The number of likely N-dealkylation sites (N-methyl/N-ethyl adjacent to an activating group) is 2. The van der Waals surface area contributed by atoms with E-state index in [1.54, 1.807) is 7.11 Å². The lowest BCUT2D eigenvalue weighted by atomic mass is 10.1. The van der Waals surface area contributed by atoms with Gasteiger partial charge in [-0.15, -0.1) is 0 Å². The van der Waals surface area contributed by atoms with E-state index < -0.39 is 0 Å². The summed E-state index contributed by atoms with van der Waals surface area (Å²) in [6, 6.07) is 3.86. The minimum Gasteiger partial charge on any atom is -0.494 e. The van der Waals surface area contributed by atoms with E-state index >= 15 is 0 Å². The Morgan fingerprint density at radius 3 is 2.76 bits per heavy atom. The van der Waals surface area contributed by atoms with Gasteiger partial charge in [-0.2, -0.15) is 5.10 Å². The van der Waals surface area contributed by atoms with Crippen LogP contribution in [-0.2, 0) is 13.5 Å². The number of anilines is 3. The third-order valence-corrected chi connectivity index (χ3v) is 6.56. The molecule has 0 radical (unpaired) electrons. The van der Waals surface area contributed by atoms with E-state index in [2.05, 4.69) is 58.3 Å². The molecule has 2 heterocycles. The van der Waals surface area contributed by atoms with Gasteiger partial charge >= 0.3 is 0 Å². The topological polar surface area (TPSA) is 96.3 Å². The van der Waals surface area contributed by atoms with Gasteiger partial charge in [0.1, 0.15) is 5.75 Å². The molecule has 0 atom stereocenters. The third kappa shape index (κ3) is 7.69. The van der Waals surface area contributed by atoms with Crippen molar-refractivity contribution in [2.45, 2.75) is 33.1 Å². The van der Waals surface area contributed by atoms with Crippen LogP contribution < -0.4 is 20.7 Å². The Kier molecular flexibility index (Phi) is 10.3. The fourth-order valence-corrected chi connectivity index (χ4v) is 4.05. The largest absolute Gasteiger partial charge is 0.494 e. The van der Waals surface area contributed by atoms with Crippen molar-refractivity contribution >= 4 is 34.8 Å². The number of hydrogen-bond donors (Lipinski definition) is 2. The first-order valence-electron chi connectivity index (χ1n) is 13.0. The van der Waals surface area contributed by atoms with E-state index in [4.69, 9.17) is 15.5 Å². The lowest BCUT2D eigenvalue weighted by molar-refractivity contribution is 0.360. The number of hydrogen-bond acceptors (Lipinski definition) is 8. The average molecular weight is 507 g/mol. The molecule has 0 unspecified atom stereocenters. The number of allylic oxidation sites excluding steroid dienone is 2. The second kappa shape index (κ2) is 13.6. The van der Waals surface area contributed by atoms with E-state index in [0.717, 1.165) is 61.7 Å². The van der Waals surface area contributed by atoms with Gasteiger partial charge in [-0.05, 0) is 56.6 Å². The number of aromatic nitrogens is 2. The number of benzene rings is 1. The monoisotopic (exact) mass is 506 g/mol. The van der Waals surface area contributed by atoms with E-state index in [-0.39, 0.29) is 0 Å². The van der Waals surface area contributed by atoms with Crippen LogP contribution in [0.3, 0.4) is 0 Å². The van der Waals surface area contributed by atoms with Crippen molar-refractivity contribution in [1.82, 2.24) is 14.7 Å². The van der Waals surface area contributed by atoms with Crippen LogP contribution in [0.15, 0.2) is 46.5 Å². The summed E-state index contributed by atoms with van der Waals surface area (Å²) >= 11 is 0. The van der Waals surface area contributed by atoms with Crippen LogP contribution in [-0.4, -0.2) is 73.7 Å². The quantitative estimate of drug-likeness (QED) is 0.418. The van der Waals surface area contributed by atoms with E-state index in [0.29, 0.717) is 23.9 Å². The van der Waals surface area contributed by atoms with E-state index in [1.807, 2.05) is 49.3 Å². The first kappa shape index (κ1) is 28.0. The number of nitrogen functional groups attached to an aromatic ring is 1. The molecule has 1 aliphatic heterocycles. The molecule has 3 N–H and O–H groups in total. The SMILES string of the molecule is CCc1cnn(C)c1/C=C\CCC1=NC(Nc2cc(N)c(N(C)CCN(C)CC)cc2OC)=NCC=C1. The minimum absolute atomic E-state index is 0.548. The molecule has 3 rings (SSSR count). The molecule has 0 bridgehead atoms. The molecule has 1 aromatic carbocycles. The van der Waals surface area contributed by atoms with Gasteiger partial charge in [0, 0.05) is 39.0 Å². The van der Waals surface area contributed by atoms with E-state index in [1.165, 1.54) is 5.56 Å². The van der Waals surface area contributed by atoms with Crippen LogP contribution in [0.1, 0.15) is 37.9 Å². The molecule has 0 fully saturated rings. The Bertz CT molecular complexity index is 1160. The van der Waals surface area contributed by atoms with Crippen molar-refractivity contribution in [3.8, 4) is 5.75 Å². The van der Waals surface area contributed by atoms with Gasteiger partial charge < -0.3 is 25.6 Å². The van der Waals surface area contributed by atoms with Gasteiger partial charge in [-0.25, -0.2) is 9.98 Å². The lowest BCUT2D eigenvalue weighted by Crippen LogP contribution is -2.31. The van der Waals surface area contributed by atoms with Gasteiger partial charge in [-0.1, -0.05) is 26.0 Å². The van der Waals surface area contributed by atoms with Crippen LogP contribution in [0.5, 0.6) is 5.75 Å². The van der Waals surface area contributed by atoms with Gasteiger partial charge in [0.15, 0.2) is 0 Å². The summed E-state index contributed by atoms with van der Waals surface area (Å²) in [6.07, 6.45) is 13.0. The minimum atomic E-state index is 0.548. The third-order valence-electron chi connectivity index (χ3n) is 6.56. The highest BCUT2D eigenvalue weighted by molar-refractivity contribution is 6.08. The number of rotatable bonds is 12. The Morgan fingerprint density at radius 1 is 1.22 bits per heavy atom. The van der Waals surface area contributed by atoms with Crippen LogP contribution in [0.4, 0.5) is 17.1 Å². The highest BCUT2D eigenvalue weighted by atomic mass is 16.5. The second-order valence-electron chi connectivity index (χ2n) is 9.20. The highest BCUT2D eigenvalue weighted by Gasteiger charge is 2.14. The standard InChI is InChI=1S/C28H42N8O/c1-7-21-20-31-36(5)25(21)14-10-9-12-22-13-11-15-30-28(32-22)33-24-18-23(29)26(19-27(24)37-6)35(4)17-16-34(3)8-2/h10-11,13-14,18-20H,7-9,12,15-17,29H2,1-6H3,(H,30,33)/b14-10-. The van der Waals surface area contributed by atoms with Crippen molar-refractivity contribution in [2.75, 3.05) is 63.3 Å². The zero-order chi connectivity index (χ0) is 26.8. The van der Waals surface area contributed by atoms with Crippen molar-refractivity contribution < 1.29 is 4.74 Å². The van der Waals surface area contributed by atoms with Crippen molar-refractivity contribution in [1.29, 1.82) is 0 Å². The molecule has 0 saturated heterocycles. The Labute approximate surface area is 221 Å². The van der Waals surface area contributed by atoms with Crippen LogP contribution >= 0.6 is 0 Å². The van der Waals surface area contributed by atoms with Gasteiger partial charge in [-0.3, -0.25) is 4.68 Å². The number of nitrogens with zero attached hydrogens (tertiary/aromatic N) is 6. The maximum atomic E-state index is 6.45. The van der Waals surface area contributed by atoms with Crippen molar-refractivity contribution in [3.63, 3.8) is 0 Å². The Balaban J connectivity index is 1.68. The van der Waals surface area contributed by atoms with Gasteiger partial charge in [0.25, 0.3) is 0 Å². The Morgan fingerprint density at radius 2 is 2.03 bits per heavy atom. The predicted molar refractivity (Wildman–Crippen MR) is 157 cm³/mol. The number of aliphatic imine (C=N–C) groups is 2. The van der Waals surface area contributed by atoms with Crippen LogP contribution in [0, 0.1) is 0 Å². The molecular weight excluding hydrogens is 464 g/mol. The number of aryl methyl sites for hydroxylation is 2. The molecule has 9 nitrogen and oxygen atoms in total. The molecule has 37 heavy (non-hydrogen) atoms. The first-order chi connectivity index (χ1) is 17.9. The average Bonchev–Trinajstić information content (AvgIpc) is 3.10. The number of nitrogens with one attached hydrogen (secondary N) is 1. The number of guanidine groups is 1. The van der Waals surface area contributed by atoms with E-state index in [9.17, 15) is 0 Å². The molecule has 9 heteroatoms. The first-order valence-corrected chi connectivity index (χ1v) is 13.0. The predicted octanol–water partition coefficient (Wildman–Crippen LogP) is 4.23. The maximum Gasteiger partial charge on any atom is 0.223 e. The molecular formula is C28H42N8O. The Hall–Kier alpha value is -3.59. The normalized spacial score (nSPS) is 13.6. The van der Waals surface area contributed by atoms with Crippen LogP contribution in [0.2, 0.25) is 0 Å². The van der Waals surface area contributed by atoms with Gasteiger partial charge in [0.2, 0.25) is 5.96 Å². The van der Waals surface area contributed by atoms with Gasteiger partial charge in [0.05, 0.1) is 42.6 Å². The second-order valence-corrected chi connectivity index (χ2v) is 9.20. The zero-order valence-electron chi connectivity index (χ0n) is 23.2. The van der Waals surface area contributed by atoms with Crippen molar-refractivity contribution in [3.05, 3.63) is 47.8 Å². The summed E-state index contributed by atoms with van der Waals surface area (Å²) in [5, 5.41) is 7.69.